The van der Waals surface area contributed by atoms with Crippen molar-refractivity contribution in [2.45, 2.75) is 50.7 Å². The lowest BCUT2D eigenvalue weighted by molar-refractivity contribution is -0.153. The molecule has 37 heavy (non-hydrogen) atoms. The van der Waals surface area contributed by atoms with Crippen molar-refractivity contribution in [2.75, 3.05) is 14.1 Å². The number of fused-ring (bicyclic) bond motifs is 3. The van der Waals surface area contributed by atoms with E-state index in [1.165, 1.54) is 11.0 Å². The summed E-state index contributed by atoms with van der Waals surface area (Å²) in [6, 6.07) is 1.90. The lowest BCUT2D eigenvalue weighted by atomic mass is 9.57. The van der Waals surface area contributed by atoms with Gasteiger partial charge in [0.2, 0.25) is 5.78 Å². The number of benzene rings is 1. The Morgan fingerprint density at radius 3 is 2.51 bits per heavy atom. The van der Waals surface area contributed by atoms with E-state index in [0.29, 0.717) is 16.2 Å². The Hall–Kier alpha value is -3.14. The highest BCUT2D eigenvalue weighted by molar-refractivity contribution is 6.49. The summed E-state index contributed by atoms with van der Waals surface area (Å²) < 4.78 is 0. The van der Waals surface area contributed by atoms with E-state index >= 15 is 0 Å². The SMILES string of the molecule is CCCC/C=C(\Cl)c1ccc(O)c2c1C[C@H]1C[C@H]3[C@H](N(C)C)C(=O)C(C(N)=O)=C(O)[C@@]3(O)C(=O)C1=C2O. The zero-order valence-electron chi connectivity index (χ0n) is 20.9. The highest BCUT2D eigenvalue weighted by atomic mass is 35.5. The number of likely N-dealkylation sites (N-methyl/N-ethyl adjacent to an activating group) is 1. The molecule has 10 heteroatoms. The lowest BCUT2D eigenvalue weighted by Gasteiger charge is -2.50. The average molecular weight is 531 g/mol. The minimum Gasteiger partial charge on any atom is -0.508 e. The molecule has 0 aliphatic heterocycles. The van der Waals surface area contributed by atoms with Crippen LogP contribution in [0.1, 0.15) is 49.3 Å². The number of rotatable bonds is 6. The number of carbonyl (C=O) groups is 3. The van der Waals surface area contributed by atoms with Crippen LogP contribution in [0.15, 0.2) is 35.1 Å². The van der Waals surface area contributed by atoms with Crippen molar-refractivity contribution in [3.05, 3.63) is 51.8 Å². The number of aliphatic hydroxyl groups excluding tert-OH is 2. The second-order valence-corrected chi connectivity index (χ2v) is 10.5. The highest BCUT2D eigenvalue weighted by Crippen LogP contribution is 2.53. The van der Waals surface area contributed by atoms with Crippen LogP contribution in [-0.4, -0.2) is 68.5 Å². The summed E-state index contributed by atoms with van der Waals surface area (Å²) in [7, 11) is 3.12. The number of allylic oxidation sites excluding steroid dienone is 1. The Morgan fingerprint density at radius 1 is 1.24 bits per heavy atom. The van der Waals surface area contributed by atoms with Gasteiger partial charge in [-0.1, -0.05) is 37.4 Å². The van der Waals surface area contributed by atoms with Gasteiger partial charge in [0.05, 0.1) is 11.6 Å². The summed E-state index contributed by atoms with van der Waals surface area (Å²) in [6.45, 7) is 2.06. The molecule has 4 rings (SSSR count). The van der Waals surface area contributed by atoms with Crippen molar-refractivity contribution in [3.8, 4) is 5.75 Å². The molecule has 3 aliphatic rings. The van der Waals surface area contributed by atoms with Crippen molar-refractivity contribution in [1.82, 2.24) is 4.90 Å². The molecule has 0 heterocycles. The highest BCUT2D eigenvalue weighted by Gasteiger charge is 2.64. The quantitative estimate of drug-likeness (QED) is 0.277. The third-order valence-electron chi connectivity index (χ3n) is 7.74. The number of primary amides is 1. The molecule has 4 atom stereocenters. The van der Waals surface area contributed by atoms with Gasteiger partial charge in [-0.3, -0.25) is 19.3 Å². The number of hydrogen-bond donors (Lipinski definition) is 5. The van der Waals surface area contributed by atoms with Crippen LogP contribution in [0.5, 0.6) is 5.75 Å². The molecule has 1 amide bonds. The smallest absolute Gasteiger partial charge is 0.255 e. The number of nitrogens with zero attached hydrogens (tertiary/aromatic N) is 1. The summed E-state index contributed by atoms with van der Waals surface area (Å²) in [5, 5.41) is 44.9. The predicted octanol–water partition coefficient (Wildman–Crippen LogP) is 2.73. The molecule has 0 spiro atoms. The maximum Gasteiger partial charge on any atom is 0.255 e. The number of Topliss-reactive ketones (excluding diaryl/α,β-unsaturated/α-hetero) is 2. The molecule has 1 fully saturated rings. The van der Waals surface area contributed by atoms with Crippen LogP contribution in [0.2, 0.25) is 0 Å². The fourth-order valence-corrected chi connectivity index (χ4v) is 6.30. The Balaban J connectivity index is 1.93. The number of phenols is 1. The molecule has 0 saturated heterocycles. The van der Waals surface area contributed by atoms with E-state index in [-0.39, 0.29) is 29.7 Å². The number of phenolic OH excluding ortho intramolecular Hbond substituents is 1. The Morgan fingerprint density at radius 2 is 1.92 bits per heavy atom. The van der Waals surface area contributed by atoms with Gasteiger partial charge in [0.15, 0.2) is 11.4 Å². The van der Waals surface area contributed by atoms with Crippen LogP contribution in [0.4, 0.5) is 0 Å². The summed E-state index contributed by atoms with van der Waals surface area (Å²) >= 11 is 6.60. The number of hydrogen-bond acceptors (Lipinski definition) is 8. The number of amides is 1. The van der Waals surface area contributed by atoms with Crippen molar-refractivity contribution in [1.29, 1.82) is 0 Å². The first-order chi connectivity index (χ1) is 17.4. The molecular formula is C27H31ClN2O7. The van der Waals surface area contributed by atoms with Gasteiger partial charge < -0.3 is 26.2 Å². The maximum absolute atomic E-state index is 13.8. The van der Waals surface area contributed by atoms with E-state index in [4.69, 9.17) is 17.3 Å². The van der Waals surface area contributed by atoms with E-state index in [1.54, 1.807) is 20.2 Å². The van der Waals surface area contributed by atoms with Crippen molar-refractivity contribution >= 4 is 39.9 Å². The standard InChI is InChI=1S/C27H31ClN2O7/c1-4-5-6-7-16(28)13-8-9-17(31)19-14(13)10-12-11-15-21(30(2)3)23(33)20(26(29)36)25(35)27(15,37)24(34)18(12)22(19)32/h7-9,12,15,21,31-32,35,37H,4-6,10-11H2,1-3H3,(H2,29,36)/b16-7-/t12-,15-,21-,27-/m0/s1. The van der Waals surface area contributed by atoms with Crippen molar-refractivity contribution in [3.63, 3.8) is 0 Å². The normalized spacial score (nSPS) is 27.8. The van der Waals surface area contributed by atoms with Crippen LogP contribution in [-0.2, 0) is 20.8 Å². The number of aliphatic hydroxyl groups is 3. The van der Waals surface area contributed by atoms with Gasteiger partial charge in [0.1, 0.15) is 22.8 Å². The molecule has 3 aliphatic carbocycles. The Bertz CT molecular complexity index is 1300. The first-order valence-electron chi connectivity index (χ1n) is 12.2. The molecule has 198 valence electrons. The lowest BCUT2D eigenvalue weighted by Crippen LogP contribution is -2.65. The van der Waals surface area contributed by atoms with Gasteiger partial charge >= 0.3 is 0 Å². The summed E-state index contributed by atoms with van der Waals surface area (Å²) in [5.74, 6) is -6.78. The average Bonchev–Trinajstić information content (AvgIpc) is 2.81. The fourth-order valence-electron chi connectivity index (χ4n) is 6.01. The van der Waals surface area contributed by atoms with Crippen LogP contribution in [0.25, 0.3) is 10.8 Å². The zero-order valence-corrected chi connectivity index (χ0v) is 21.7. The number of aromatic hydroxyl groups is 1. The minimum absolute atomic E-state index is 0.0239. The number of halogens is 1. The number of unbranched alkanes of at least 4 members (excludes halogenated alkanes) is 2. The summed E-state index contributed by atoms with van der Waals surface area (Å²) in [5.41, 5.74) is 2.83. The molecule has 1 aromatic rings. The van der Waals surface area contributed by atoms with Gasteiger partial charge in [0, 0.05) is 16.5 Å². The van der Waals surface area contributed by atoms with Gasteiger partial charge in [-0.2, -0.15) is 0 Å². The third-order valence-corrected chi connectivity index (χ3v) is 8.10. The van der Waals surface area contributed by atoms with Crippen molar-refractivity contribution < 1.29 is 34.8 Å². The first kappa shape index (κ1) is 26.9. The molecule has 1 aromatic carbocycles. The van der Waals surface area contributed by atoms with Gasteiger partial charge in [0.25, 0.3) is 5.91 Å². The van der Waals surface area contributed by atoms with Crippen LogP contribution >= 0.6 is 11.6 Å². The van der Waals surface area contributed by atoms with E-state index in [0.717, 1.165) is 19.3 Å². The molecule has 6 N–H and O–H groups in total. The van der Waals surface area contributed by atoms with Gasteiger partial charge in [-0.05, 0) is 62.5 Å². The van der Waals surface area contributed by atoms with Crippen LogP contribution < -0.4 is 5.73 Å². The number of carbonyl (C=O) groups excluding carboxylic acids is 3. The fraction of sp³-hybridized carbons (Fsp3) is 0.444. The first-order valence-corrected chi connectivity index (χ1v) is 12.6. The maximum atomic E-state index is 13.8. The zero-order chi connectivity index (χ0) is 27.4. The van der Waals surface area contributed by atoms with Crippen molar-refractivity contribution in [2.24, 2.45) is 17.6 Å². The molecule has 0 unspecified atom stereocenters. The third kappa shape index (κ3) is 3.96. The van der Waals surface area contributed by atoms with Crippen LogP contribution in [0.3, 0.4) is 0 Å². The molecular weight excluding hydrogens is 500 g/mol. The van der Waals surface area contributed by atoms with Gasteiger partial charge in [-0.15, -0.1) is 0 Å². The largest absolute Gasteiger partial charge is 0.508 e. The minimum atomic E-state index is -2.66. The predicted molar refractivity (Wildman–Crippen MR) is 138 cm³/mol. The number of nitrogens with two attached hydrogens (primary N) is 1. The van der Waals surface area contributed by atoms with E-state index in [9.17, 15) is 34.8 Å². The topological polar surface area (TPSA) is 161 Å². The molecule has 1 saturated carbocycles. The Labute approximate surface area is 219 Å². The second-order valence-electron chi connectivity index (χ2n) is 10.1. The second kappa shape index (κ2) is 9.63. The van der Waals surface area contributed by atoms with Crippen LogP contribution in [0, 0.1) is 11.8 Å². The summed E-state index contributed by atoms with van der Waals surface area (Å²) in [4.78, 5) is 40.5. The molecule has 0 bridgehead atoms. The number of ketones is 2. The monoisotopic (exact) mass is 530 g/mol. The Kier molecular flexibility index (Phi) is 7.00. The molecule has 0 aromatic heterocycles. The summed E-state index contributed by atoms with van der Waals surface area (Å²) in [6.07, 6.45) is 4.76. The van der Waals surface area contributed by atoms with E-state index in [1.807, 2.05) is 6.08 Å². The molecule has 9 nitrogen and oxygen atoms in total. The molecule has 0 radical (unpaired) electrons. The van der Waals surface area contributed by atoms with E-state index in [2.05, 4.69) is 6.92 Å². The van der Waals surface area contributed by atoms with E-state index < -0.39 is 58.0 Å². The van der Waals surface area contributed by atoms with Gasteiger partial charge in [-0.25, -0.2) is 0 Å².